The first-order chi connectivity index (χ1) is 5.63. The summed E-state index contributed by atoms with van der Waals surface area (Å²) >= 11 is 3.47. The number of nitrogens with zero attached hydrogens (tertiary/aromatic N) is 1. The molecule has 1 aliphatic rings. The van der Waals surface area contributed by atoms with E-state index in [-0.39, 0.29) is 0 Å². The van der Waals surface area contributed by atoms with Crippen molar-refractivity contribution in [1.29, 1.82) is 0 Å². The van der Waals surface area contributed by atoms with Gasteiger partial charge in [0, 0.05) is 25.9 Å². The van der Waals surface area contributed by atoms with Gasteiger partial charge in [-0.05, 0) is 12.8 Å². The van der Waals surface area contributed by atoms with Gasteiger partial charge in [-0.3, -0.25) is 0 Å². The monoisotopic (exact) mass is 229 g/mol. The third-order valence-corrected chi connectivity index (χ3v) is 1.80. The van der Waals surface area contributed by atoms with Crippen LogP contribution >= 0.6 is 0 Å². The Labute approximate surface area is 85.8 Å². The van der Waals surface area contributed by atoms with Crippen molar-refractivity contribution in [2.75, 3.05) is 13.1 Å². The molecule has 0 atom stereocenters. The Balaban J connectivity index is 0.000000226. The van der Waals surface area contributed by atoms with Gasteiger partial charge in [-0.15, -0.1) is 4.31 Å². The van der Waals surface area contributed by atoms with Gasteiger partial charge in [0.2, 0.25) is 0 Å². The Morgan fingerprint density at radius 3 is 1.46 bits per heavy atom. The van der Waals surface area contributed by atoms with Crippen LogP contribution < -0.4 is 0 Å². The Morgan fingerprint density at radius 2 is 1.31 bits per heavy atom. The van der Waals surface area contributed by atoms with E-state index in [0.717, 1.165) is 19.6 Å². The molecule has 0 amide bonds. The minimum Gasteiger partial charge on any atom is -0.130 e. The number of hydrogen-bond acceptors (Lipinski definition) is 1. The topological polar surface area (TPSA) is 3.24 Å². The maximum atomic E-state index is 11.9. The summed E-state index contributed by atoms with van der Waals surface area (Å²) in [5, 5.41) is 0. The first-order valence-corrected chi connectivity index (χ1v) is 8.94. The fraction of sp³-hybridized carbons (Fsp3) is 1.00. The molecule has 0 spiro atoms. The summed E-state index contributed by atoms with van der Waals surface area (Å²) in [4.78, 5) is 0. The molecule has 0 aromatic heterocycles. The van der Waals surface area contributed by atoms with Crippen LogP contribution in [0.25, 0.3) is 0 Å². The van der Waals surface area contributed by atoms with Crippen molar-refractivity contribution in [3.63, 3.8) is 0 Å². The molecule has 0 N–H and O–H groups in total. The van der Waals surface area contributed by atoms with Crippen LogP contribution in [-0.4, -0.2) is 25.4 Å². The van der Waals surface area contributed by atoms with Gasteiger partial charge < -0.3 is 0 Å². The smallest absolute Gasteiger partial charge is 0.0451 e. The Kier molecular flexibility index (Phi) is 4.89. The van der Waals surface area contributed by atoms with E-state index in [2.05, 4.69) is 17.1 Å². The van der Waals surface area contributed by atoms with Crippen LogP contribution in [0.5, 0.6) is 0 Å². The molecule has 1 heterocycles. The molecule has 1 aliphatic heterocycles. The quantitative estimate of drug-likeness (QED) is 0.351. The summed E-state index contributed by atoms with van der Waals surface area (Å²) in [6.45, 7) is 5.55. The molecule has 0 radical (unpaired) electrons. The predicted molar refractivity (Wildman–Crippen MR) is 61.1 cm³/mol. The Hall–Kier alpha value is 0.387. The number of hydrogen-bond donors (Lipinski definition) is 0. The minimum absolute atomic E-state index is 1.03. The van der Waals surface area contributed by atoms with Crippen LogP contribution in [0.1, 0.15) is 19.3 Å². The molecule has 1 rings (SSSR count). The van der Waals surface area contributed by atoms with Crippen molar-refractivity contribution in [3.05, 3.63) is 0 Å². The molecular formula is C8H21F2NSSi. The van der Waals surface area contributed by atoms with E-state index in [1.807, 2.05) is 0 Å². The molecule has 13 heavy (non-hydrogen) atoms. The molecule has 0 aromatic carbocycles. The van der Waals surface area contributed by atoms with Crippen molar-refractivity contribution < 1.29 is 8.22 Å². The van der Waals surface area contributed by atoms with Crippen LogP contribution in [-0.2, 0) is 12.8 Å². The molecule has 0 saturated carbocycles. The molecule has 82 valence electrons. The average Bonchev–Trinajstić information content (AvgIpc) is 1.83. The second-order valence-corrected chi connectivity index (χ2v) is 10.8. The normalized spacial score (nSPS) is 22.5. The van der Waals surface area contributed by atoms with Crippen molar-refractivity contribution in [2.45, 2.75) is 38.9 Å². The van der Waals surface area contributed by atoms with Gasteiger partial charge in [0.25, 0.3) is 0 Å². The minimum atomic E-state index is -4.25. The van der Waals surface area contributed by atoms with Crippen molar-refractivity contribution in [3.8, 4) is 0 Å². The van der Waals surface area contributed by atoms with E-state index in [0.29, 0.717) is 0 Å². The average molecular weight is 229 g/mol. The molecule has 1 nitrogen and oxygen atoms in total. The van der Waals surface area contributed by atoms with Gasteiger partial charge in [-0.2, -0.15) is 0 Å². The summed E-state index contributed by atoms with van der Waals surface area (Å²) in [6.07, 6.45) is 4.15. The van der Waals surface area contributed by atoms with Crippen molar-refractivity contribution in [2.24, 2.45) is 0 Å². The fourth-order valence-electron chi connectivity index (χ4n) is 0.894. The summed E-state index contributed by atoms with van der Waals surface area (Å²) in [5.74, 6) is 0. The maximum absolute atomic E-state index is 11.9. The molecule has 0 aliphatic carbocycles. The second kappa shape index (κ2) is 4.75. The summed E-state index contributed by atoms with van der Waals surface area (Å²) in [7, 11) is -4.25. The van der Waals surface area contributed by atoms with E-state index in [1.165, 1.54) is 32.4 Å². The fourth-order valence-corrected chi connectivity index (χ4v) is 1.21. The molecular weight excluding hydrogens is 208 g/mol. The molecule has 1 fully saturated rings. The molecule has 0 bridgehead atoms. The van der Waals surface area contributed by atoms with Crippen LogP contribution in [0.15, 0.2) is 0 Å². The molecule has 0 unspecified atom stereocenters. The number of rotatable bonds is 0. The van der Waals surface area contributed by atoms with E-state index >= 15 is 0 Å². The zero-order valence-corrected chi connectivity index (χ0v) is 10.7. The summed E-state index contributed by atoms with van der Waals surface area (Å²) < 4.78 is 25.9. The third kappa shape index (κ3) is 19.0. The van der Waals surface area contributed by atoms with E-state index in [4.69, 9.17) is 0 Å². The zero-order chi connectivity index (χ0) is 10.6. The van der Waals surface area contributed by atoms with Gasteiger partial charge >= 0.3 is 35.9 Å². The van der Waals surface area contributed by atoms with E-state index in [9.17, 15) is 8.22 Å². The summed E-state index contributed by atoms with van der Waals surface area (Å²) in [5.41, 5.74) is 0. The van der Waals surface area contributed by atoms with Gasteiger partial charge in [-0.1, -0.05) is 6.42 Å². The third-order valence-electron chi connectivity index (χ3n) is 1.36. The SMILES string of the molecule is C[Si-](C)(C)(F)F.[SH2+]N1CCCCC1. The molecule has 1 saturated heterocycles. The zero-order valence-electron chi connectivity index (χ0n) is 8.74. The van der Waals surface area contributed by atoms with Gasteiger partial charge in [0.15, 0.2) is 0 Å². The summed E-state index contributed by atoms with van der Waals surface area (Å²) in [6, 6.07) is 0. The van der Waals surface area contributed by atoms with Gasteiger partial charge in [0.1, 0.15) is 0 Å². The van der Waals surface area contributed by atoms with Gasteiger partial charge in [0.05, 0.1) is 0 Å². The van der Waals surface area contributed by atoms with E-state index in [1.54, 1.807) is 0 Å². The second-order valence-electron chi connectivity index (χ2n) is 4.75. The van der Waals surface area contributed by atoms with Crippen LogP contribution in [0.4, 0.5) is 8.22 Å². The van der Waals surface area contributed by atoms with E-state index < -0.39 is 8.02 Å². The van der Waals surface area contributed by atoms with Crippen LogP contribution in [0.2, 0.25) is 19.6 Å². The Bertz CT molecular complexity index is 133. The van der Waals surface area contributed by atoms with Gasteiger partial charge in [-0.25, -0.2) is 0 Å². The van der Waals surface area contributed by atoms with Crippen LogP contribution in [0, 0.1) is 0 Å². The first-order valence-electron chi connectivity index (χ1n) is 4.73. The van der Waals surface area contributed by atoms with Crippen LogP contribution in [0.3, 0.4) is 0 Å². The van der Waals surface area contributed by atoms with Crippen molar-refractivity contribution >= 4 is 20.8 Å². The maximum Gasteiger partial charge on any atom is 0.0451 e. The largest absolute Gasteiger partial charge is 0.130 e. The Morgan fingerprint density at radius 1 is 1.00 bits per heavy atom. The molecule has 5 heteroatoms. The predicted octanol–water partition coefficient (Wildman–Crippen LogP) is 2.61. The number of halogens is 2. The standard InChI is InChI=1S/C5H11NS.C3H9F2Si/c7-6-4-2-1-3-5-6;1-6(2,3,4)5/h7H,1-5H2;1-3H3/q;-1/p+1. The van der Waals surface area contributed by atoms with Crippen molar-refractivity contribution in [1.82, 2.24) is 4.31 Å². The molecule has 0 aromatic rings. The number of piperidine rings is 1. The first kappa shape index (κ1) is 13.4.